The second-order valence-electron chi connectivity index (χ2n) is 4.53. The van der Waals surface area contributed by atoms with Gasteiger partial charge in [-0.3, -0.25) is 4.79 Å². The first-order chi connectivity index (χ1) is 9.33. The number of carbonyl (C=O) groups is 1. The number of amides is 1. The number of anilines is 1. The summed E-state index contributed by atoms with van der Waals surface area (Å²) in [6.07, 6.45) is 5.09. The summed E-state index contributed by atoms with van der Waals surface area (Å²) in [7, 11) is 0. The van der Waals surface area contributed by atoms with E-state index in [2.05, 4.69) is 20.7 Å². The molecule has 6 nitrogen and oxygen atoms in total. The Bertz CT molecular complexity index is 549. The van der Waals surface area contributed by atoms with Crippen molar-refractivity contribution in [3.05, 3.63) is 36.9 Å². The Labute approximate surface area is 123 Å². The van der Waals surface area contributed by atoms with Gasteiger partial charge in [-0.2, -0.15) is 5.10 Å². The van der Waals surface area contributed by atoms with Crippen LogP contribution in [0.5, 0.6) is 0 Å². The zero-order chi connectivity index (χ0) is 13.1. The fraction of sp³-hybridized carbons (Fsp3) is 0.308. The highest BCUT2D eigenvalue weighted by Crippen LogP contribution is 2.14. The summed E-state index contributed by atoms with van der Waals surface area (Å²) in [6, 6.07) is 7.46. The summed E-state index contributed by atoms with van der Waals surface area (Å²) in [5.41, 5.74) is 1.71. The lowest BCUT2D eigenvalue weighted by Gasteiger charge is -2.11. The molecule has 1 fully saturated rings. The van der Waals surface area contributed by atoms with Crippen LogP contribution >= 0.6 is 12.4 Å². The van der Waals surface area contributed by atoms with E-state index in [1.807, 2.05) is 24.3 Å². The molecule has 1 atom stereocenters. The molecule has 0 saturated carbocycles. The van der Waals surface area contributed by atoms with E-state index in [0.717, 1.165) is 30.8 Å². The molecule has 1 amide bonds. The number of carbonyl (C=O) groups excluding carboxylic acids is 1. The third kappa shape index (κ3) is 3.15. The maximum absolute atomic E-state index is 11.9. The van der Waals surface area contributed by atoms with Gasteiger partial charge in [0.2, 0.25) is 5.91 Å². The highest BCUT2D eigenvalue weighted by Gasteiger charge is 2.21. The molecule has 7 heteroatoms. The molecular weight excluding hydrogens is 278 g/mol. The van der Waals surface area contributed by atoms with Crippen molar-refractivity contribution < 1.29 is 4.79 Å². The van der Waals surface area contributed by atoms with E-state index < -0.39 is 0 Å². The van der Waals surface area contributed by atoms with Gasteiger partial charge < -0.3 is 10.6 Å². The summed E-state index contributed by atoms with van der Waals surface area (Å²) in [5, 5.41) is 10.1. The first-order valence-electron chi connectivity index (χ1n) is 6.32. The lowest BCUT2D eigenvalue weighted by molar-refractivity contribution is -0.117. The highest BCUT2D eigenvalue weighted by atomic mass is 35.5. The second-order valence-corrected chi connectivity index (χ2v) is 4.53. The molecule has 1 aromatic heterocycles. The SMILES string of the molecule is Cl.O=C(Nc1ccc(-n2cncn2)cc1)C1CCCN1. The van der Waals surface area contributed by atoms with E-state index in [0.29, 0.717) is 0 Å². The van der Waals surface area contributed by atoms with Crippen LogP contribution in [0.3, 0.4) is 0 Å². The Morgan fingerprint density at radius 3 is 2.75 bits per heavy atom. The zero-order valence-electron chi connectivity index (χ0n) is 10.8. The van der Waals surface area contributed by atoms with E-state index >= 15 is 0 Å². The molecule has 2 heterocycles. The first-order valence-corrected chi connectivity index (χ1v) is 6.32. The van der Waals surface area contributed by atoms with E-state index in [1.165, 1.54) is 6.33 Å². The van der Waals surface area contributed by atoms with Crippen LogP contribution in [-0.4, -0.2) is 33.3 Å². The Kier molecular flexibility index (Phi) is 4.70. The molecule has 0 bridgehead atoms. The second kappa shape index (κ2) is 6.49. The van der Waals surface area contributed by atoms with Gasteiger partial charge in [-0.25, -0.2) is 9.67 Å². The van der Waals surface area contributed by atoms with Gasteiger partial charge in [0.1, 0.15) is 12.7 Å². The van der Waals surface area contributed by atoms with Crippen molar-refractivity contribution in [1.82, 2.24) is 20.1 Å². The van der Waals surface area contributed by atoms with Gasteiger partial charge in [-0.05, 0) is 43.7 Å². The quantitative estimate of drug-likeness (QED) is 0.897. The fourth-order valence-electron chi connectivity index (χ4n) is 2.18. The Morgan fingerprint density at radius 1 is 1.35 bits per heavy atom. The average Bonchev–Trinajstić information content (AvgIpc) is 3.13. The molecule has 0 radical (unpaired) electrons. The van der Waals surface area contributed by atoms with Gasteiger partial charge in [-0.1, -0.05) is 0 Å². The number of benzene rings is 1. The Morgan fingerprint density at radius 2 is 2.15 bits per heavy atom. The maximum atomic E-state index is 11.9. The van der Waals surface area contributed by atoms with Crippen molar-refractivity contribution >= 4 is 24.0 Å². The lowest BCUT2D eigenvalue weighted by Crippen LogP contribution is -2.35. The molecule has 1 aromatic carbocycles. The van der Waals surface area contributed by atoms with Crippen molar-refractivity contribution in [3.63, 3.8) is 0 Å². The number of aromatic nitrogens is 3. The van der Waals surface area contributed by atoms with E-state index in [-0.39, 0.29) is 24.4 Å². The van der Waals surface area contributed by atoms with E-state index in [4.69, 9.17) is 0 Å². The number of hydrogen-bond acceptors (Lipinski definition) is 4. The first kappa shape index (κ1) is 14.5. The van der Waals surface area contributed by atoms with Crippen LogP contribution in [0.25, 0.3) is 5.69 Å². The molecule has 1 aliphatic heterocycles. The van der Waals surface area contributed by atoms with Gasteiger partial charge in [0.05, 0.1) is 11.7 Å². The van der Waals surface area contributed by atoms with Crippen LogP contribution in [-0.2, 0) is 4.79 Å². The molecule has 3 rings (SSSR count). The van der Waals surface area contributed by atoms with Crippen LogP contribution in [0.4, 0.5) is 5.69 Å². The topological polar surface area (TPSA) is 71.8 Å². The fourth-order valence-corrected chi connectivity index (χ4v) is 2.18. The van der Waals surface area contributed by atoms with Gasteiger partial charge in [0, 0.05) is 5.69 Å². The van der Waals surface area contributed by atoms with Crippen molar-refractivity contribution in [2.24, 2.45) is 0 Å². The van der Waals surface area contributed by atoms with Crippen LogP contribution in [0.15, 0.2) is 36.9 Å². The van der Waals surface area contributed by atoms with Crippen molar-refractivity contribution in [3.8, 4) is 5.69 Å². The lowest BCUT2D eigenvalue weighted by atomic mass is 10.2. The van der Waals surface area contributed by atoms with Crippen LogP contribution < -0.4 is 10.6 Å². The van der Waals surface area contributed by atoms with Crippen molar-refractivity contribution in [1.29, 1.82) is 0 Å². The number of nitrogens with one attached hydrogen (secondary N) is 2. The maximum Gasteiger partial charge on any atom is 0.241 e. The normalized spacial score (nSPS) is 17.5. The van der Waals surface area contributed by atoms with Crippen LogP contribution in [0, 0.1) is 0 Å². The summed E-state index contributed by atoms with van der Waals surface area (Å²) in [5.74, 6) is 0.0333. The highest BCUT2D eigenvalue weighted by molar-refractivity contribution is 5.95. The molecule has 1 saturated heterocycles. The molecule has 106 valence electrons. The van der Waals surface area contributed by atoms with Gasteiger partial charge in [-0.15, -0.1) is 12.4 Å². The van der Waals surface area contributed by atoms with Gasteiger partial charge in [0.15, 0.2) is 0 Å². The molecule has 1 unspecified atom stereocenters. The predicted octanol–water partition coefficient (Wildman–Crippen LogP) is 1.38. The predicted molar refractivity (Wildman–Crippen MR) is 78.3 cm³/mol. The van der Waals surface area contributed by atoms with Crippen LogP contribution in [0.2, 0.25) is 0 Å². The molecular formula is C13H16ClN5O. The third-order valence-corrected chi connectivity index (χ3v) is 3.19. The molecule has 0 aliphatic carbocycles. The summed E-state index contributed by atoms with van der Waals surface area (Å²) in [6.45, 7) is 0.920. The number of halogens is 1. The molecule has 2 N–H and O–H groups in total. The summed E-state index contributed by atoms with van der Waals surface area (Å²) >= 11 is 0. The minimum atomic E-state index is -0.0602. The van der Waals surface area contributed by atoms with Crippen molar-refractivity contribution in [2.75, 3.05) is 11.9 Å². The monoisotopic (exact) mass is 293 g/mol. The molecule has 0 spiro atoms. The Balaban J connectivity index is 0.00000147. The summed E-state index contributed by atoms with van der Waals surface area (Å²) in [4.78, 5) is 15.8. The largest absolute Gasteiger partial charge is 0.325 e. The van der Waals surface area contributed by atoms with Crippen LogP contribution in [0.1, 0.15) is 12.8 Å². The van der Waals surface area contributed by atoms with Crippen molar-refractivity contribution in [2.45, 2.75) is 18.9 Å². The summed E-state index contributed by atoms with van der Waals surface area (Å²) < 4.78 is 1.67. The van der Waals surface area contributed by atoms with E-state index in [9.17, 15) is 4.79 Å². The van der Waals surface area contributed by atoms with Gasteiger partial charge in [0.25, 0.3) is 0 Å². The molecule has 1 aliphatic rings. The minimum absolute atomic E-state index is 0. The smallest absolute Gasteiger partial charge is 0.241 e. The number of nitrogens with zero attached hydrogens (tertiary/aromatic N) is 3. The standard InChI is InChI=1S/C13H15N5O.ClH/c19-13(12-2-1-7-15-12)17-10-3-5-11(6-4-10)18-9-14-8-16-18;/h3-6,8-9,12,15H,1-2,7H2,(H,17,19);1H. The van der Waals surface area contributed by atoms with Gasteiger partial charge >= 0.3 is 0 Å². The average molecular weight is 294 g/mol. The third-order valence-electron chi connectivity index (χ3n) is 3.19. The van der Waals surface area contributed by atoms with E-state index in [1.54, 1.807) is 11.0 Å². The minimum Gasteiger partial charge on any atom is -0.325 e. The molecule has 20 heavy (non-hydrogen) atoms. The Hall–Kier alpha value is -1.92. The zero-order valence-corrected chi connectivity index (χ0v) is 11.6. The number of hydrogen-bond donors (Lipinski definition) is 2. The number of rotatable bonds is 3. The molecule has 2 aromatic rings.